The molecule has 0 bridgehead atoms. The van der Waals surface area contributed by atoms with E-state index in [1.807, 2.05) is 5.48 Å². The zero-order valence-corrected chi connectivity index (χ0v) is 10.7. The van der Waals surface area contributed by atoms with Crippen molar-refractivity contribution >= 4 is 9.84 Å². The van der Waals surface area contributed by atoms with Crippen LogP contribution in [0.1, 0.15) is 5.56 Å². The molecule has 96 valence electrons. The van der Waals surface area contributed by atoms with Crippen LogP contribution in [-0.4, -0.2) is 34.1 Å². The van der Waals surface area contributed by atoms with Gasteiger partial charge in [-0.1, -0.05) is 0 Å². The molecule has 1 aromatic rings. The summed E-state index contributed by atoms with van der Waals surface area (Å²) in [4.78, 5) is 0.0942. The van der Waals surface area contributed by atoms with E-state index < -0.39 is 9.84 Å². The van der Waals surface area contributed by atoms with Gasteiger partial charge < -0.3 is 14.7 Å². The number of sulfone groups is 1. The van der Waals surface area contributed by atoms with Gasteiger partial charge in [0.2, 0.25) is 0 Å². The first-order chi connectivity index (χ1) is 7.93. The summed E-state index contributed by atoms with van der Waals surface area (Å²) >= 11 is 0. The third-order valence-electron chi connectivity index (χ3n) is 2.24. The number of hydroxylamine groups is 1. The van der Waals surface area contributed by atoms with Crippen LogP contribution in [0.15, 0.2) is 17.0 Å². The number of rotatable bonds is 5. The van der Waals surface area contributed by atoms with Crippen LogP contribution in [0.2, 0.25) is 0 Å². The summed E-state index contributed by atoms with van der Waals surface area (Å²) < 4.78 is 33.3. The number of hydrogen-bond acceptors (Lipinski definition) is 6. The smallest absolute Gasteiger partial charge is 0.175 e. The largest absolute Gasteiger partial charge is 0.493 e. The highest BCUT2D eigenvalue weighted by Gasteiger charge is 2.17. The third-order valence-corrected chi connectivity index (χ3v) is 3.41. The fourth-order valence-electron chi connectivity index (χ4n) is 1.47. The van der Waals surface area contributed by atoms with Crippen molar-refractivity contribution in [2.24, 2.45) is 0 Å². The van der Waals surface area contributed by atoms with Crippen molar-refractivity contribution in [3.63, 3.8) is 0 Å². The predicted octanol–water partition coefficient (Wildman–Crippen LogP) is 0.586. The summed E-state index contributed by atoms with van der Waals surface area (Å²) in [5, 5.41) is 8.68. The van der Waals surface area contributed by atoms with Crippen LogP contribution >= 0.6 is 0 Å². The molecular formula is C10H15NO5S. The van der Waals surface area contributed by atoms with Crippen molar-refractivity contribution < 1.29 is 23.1 Å². The minimum absolute atomic E-state index is 0.00274. The molecule has 1 rings (SSSR count). The lowest BCUT2D eigenvalue weighted by Gasteiger charge is -2.13. The Hall–Kier alpha value is -1.31. The molecule has 0 saturated carbocycles. The van der Waals surface area contributed by atoms with E-state index in [-0.39, 0.29) is 11.4 Å². The van der Waals surface area contributed by atoms with Crippen LogP contribution in [0.5, 0.6) is 11.5 Å². The molecule has 2 N–H and O–H groups in total. The van der Waals surface area contributed by atoms with Crippen molar-refractivity contribution in [3.05, 3.63) is 17.7 Å². The monoisotopic (exact) mass is 261 g/mol. The lowest BCUT2D eigenvalue weighted by Crippen LogP contribution is -2.11. The molecule has 0 heterocycles. The summed E-state index contributed by atoms with van der Waals surface area (Å²) in [6.07, 6.45) is 1.09. The number of ether oxygens (including phenoxy) is 2. The maximum Gasteiger partial charge on any atom is 0.175 e. The molecule has 0 spiro atoms. The van der Waals surface area contributed by atoms with Crippen LogP contribution in [0.25, 0.3) is 0 Å². The van der Waals surface area contributed by atoms with Gasteiger partial charge in [0.15, 0.2) is 21.3 Å². The fraction of sp³-hybridized carbons (Fsp3) is 0.400. The maximum atomic E-state index is 11.6. The van der Waals surface area contributed by atoms with Gasteiger partial charge in [-0.05, 0) is 11.6 Å². The van der Waals surface area contributed by atoms with Crippen LogP contribution < -0.4 is 15.0 Å². The number of hydrogen-bond donors (Lipinski definition) is 2. The van der Waals surface area contributed by atoms with Gasteiger partial charge in [0.25, 0.3) is 0 Å². The molecule has 0 aliphatic rings. The van der Waals surface area contributed by atoms with Gasteiger partial charge in [-0.2, -0.15) is 0 Å². The molecule has 0 fully saturated rings. The van der Waals surface area contributed by atoms with E-state index >= 15 is 0 Å². The summed E-state index contributed by atoms with van der Waals surface area (Å²) in [5.41, 5.74) is 2.33. The standard InChI is InChI=1S/C10H15NO5S/c1-15-8-4-7(6-11-12)10(17(3,13)14)5-9(8)16-2/h4-5,11-12H,6H2,1-3H3. The van der Waals surface area contributed by atoms with Gasteiger partial charge in [0.05, 0.1) is 19.1 Å². The Balaban J connectivity index is 3.46. The summed E-state index contributed by atoms with van der Waals surface area (Å²) in [6, 6.07) is 2.89. The average Bonchev–Trinajstić information content (AvgIpc) is 2.27. The molecule has 0 saturated heterocycles. The number of nitrogens with one attached hydrogen (secondary N) is 1. The Morgan fingerprint density at radius 1 is 1.24 bits per heavy atom. The van der Waals surface area contributed by atoms with Crippen molar-refractivity contribution in [1.82, 2.24) is 5.48 Å². The minimum atomic E-state index is -3.40. The molecule has 0 aliphatic carbocycles. The van der Waals surface area contributed by atoms with Crippen LogP contribution in [0.4, 0.5) is 0 Å². The van der Waals surface area contributed by atoms with E-state index in [4.69, 9.17) is 14.7 Å². The Morgan fingerprint density at radius 3 is 2.18 bits per heavy atom. The van der Waals surface area contributed by atoms with Crippen LogP contribution in [0, 0.1) is 0 Å². The minimum Gasteiger partial charge on any atom is -0.493 e. The molecule has 7 heteroatoms. The average molecular weight is 261 g/mol. The second-order valence-corrected chi connectivity index (χ2v) is 5.41. The zero-order valence-electron chi connectivity index (χ0n) is 9.85. The van der Waals surface area contributed by atoms with Crippen molar-refractivity contribution in [3.8, 4) is 11.5 Å². The van der Waals surface area contributed by atoms with E-state index in [0.29, 0.717) is 17.1 Å². The topological polar surface area (TPSA) is 84.9 Å². The summed E-state index contributed by atoms with van der Waals surface area (Å²) in [6.45, 7) is 0.00274. The van der Waals surface area contributed by atoms with Crippen LogP contribution in [0.3, 0.4) is 0 Å². The third kappa shape index (κ3) is 3.09. The van der Waals surface area contributed by atoms with Crippen molar-refractivity contribution in [2.45, 2.75) is 11.4 Å². The zero-order chi connectivity index (χ0) is 13.1. The van der Waals surface area contributed by atoms with E-state index in [1.54, 1.807) is 0 Å². The highest BCUT2D eigenvalue weighted by atomic mass is 32.2. The van der Waals surface area contributed by atoms with Gasteiger partial charge in [-0.15, -0.1) is 0 Å². The molecule has 0 atom stereocenters. The second kappa shape index (κ2) is 5.35. The first-order valence-electron chi connectivity index (χ1n) is 4.76. The Labute approximate surface area is 100 Å². The van der Waals surface area contributed by atoms with Crippen molar-refractivity contribution in [2.75, 3.05) is 20.5 Å². The fourth-order valence-corrected chi connectivity index (χ4v) is 2.40. The van der Waals surface area contributed by atoms with E-state index in [1.165, 1.54) is 26.4 Å². The molecule has 0 unspecified atom stereocenters. The Bertz CT molecular complexity index is 498. The Kier molecular flexibility index (Phi) is 4.33. The summed E-state index contributed by atoms with van der Waals surface area (Å²) in [5.74, 6) is 0.736. The van der Waals surface area contributed by atoms with Gasteiger partial charge in [0, 0.05) is 18.9 Å². The van der Waals surface area contributed by atoms with Gasteiger partial charge in [0.1, 0.15) is 0 Å². The normalized spacial score (nSPS) is 11.3. The van der Waals surface area contributed by atoms with E-state index in [0.717, 1.165) is 6.26 Å². The number of methoxy groups -OCH3 is 2. The lowest BCUT2D eigenvalue weighted by molar-refractivity contribution is 0.160. The van der Waals surface area contributed by atoms with Crippen molar-refractivity contribution in [1.29, 1.82) is 0 Å². The molecule has 0 aliphatic heterocycles. The maximum absolute atomic E-state index is 11.6. The molecule has 6 nitrogen and oxygen atoms in total. The van der Waals surface area contributed by atoms with Crippen LogP contribution in [-0.2, 0) is 16.4 Å². The molecule has 0 aromatic heterocycles. The highest BCUT2D eigenvalue weighted by molar-refractivity contribution is 7.90. The molecule has 1 aromatic carbocycles. The molecular weight excluding hydrogens is 246 g/mol. The SMILES string of the molecule is COc1cc(CNO)c(S(C)(=O)=O)cc1OC. The van der Waals surface area contributed by atoms with E-state index in [2.05, 4.69) is 0 Å². The molecule has 17 heavy (non-hydrogen) atoms. The highest BCUT2D eigenvalue weighted by Crippen LogP contribution is 2.32. The first kappa shape index (κ1) is 13.8. The predicted molar refractivity (Wildman–Crippen MR) is 61.3 cm³/mol. The van der Waals surface area contributed by atoms with Gasteiger partial charge in [-0.25, -0.2) is 13.9 Å². The van der Waals surface area contributed by atoms with Gasteiger partial charge in [-0.3, -0.25) is 0 Å². The summed E-state index contributed by atoms with van der Waals surface area (Å²) in [7, 11) is -0.523. The number of benzene rings is 1. The Morgan fingerprint density at radius 2 is 1.76 bits per heavy atom. The lowest BCUT2D eigenvalue weighted by atomic mass is 10.2. The van der Waals surface area contributed by atoms with Gasteiger partial charge >= 0.3 is 0 Å². The molecule has 0 radical (unpaired) electrons. The second-order valence-electron chi connectivity index (χ2n) is 3.42. The quantitative estimate of drug-likeness (QED) is 0.754. The molecule has 0 amide bonds. The van der Waals surface area contributed by atoms with E-state index in [9.17, 15) is 8.42 Å². The first-order valence-corrected chi connectivity index (χ1v) is 6.65.